The second-order valence-corrected chi connectivity index (χ2v) is 11.4. The molecule has 8 nitrogen and oxygen atoms in total. The summed E-state index contributed by atoms with van der Waals surface area (Å²) in [5.41, 5.74) is 2.01. The van der Waals surface area contributed by atoms with Crippen molar-refractivity contribution in [1.29, 1.82) is 0 Å². The molecule has 0 saturated carbocycles. The van der Waals surface area contributed by atoms with Gasteiger partial charge >= 0.3 is 0 Å². The van der Waals surface area contributed by atoms with Gasteiger partial charge in [-0.1, -0.05) is 78.9 Å². The Bertz CT molecular complexity index is 1590. The number of hydrogen-bond donors (Lipinski definition) is 1. The Labute approximate surface area is 235 Å². The number of sulfonamides is 1. The fourth-order valence-electron chi connectivity index (χ4n) is 4.71. The van der Waals surface area contributed by atoms with Crippen LogP contribution in [-0.2, 0) is 32.6 Å². The molecule has 1 atom stereocenters. The third-order valence-electron chi connectivity index (χ3n) is 6.72. The molecule has 0 bridgehead atoms. The van der Waals surface area contributed by atoms with E-state index in [4.69, 9.17) is 4.74 Å². The van der Waals surface area contributed by atoms with Gasteiger partial charge in [0.1, 0.15) is 18.3 Å². The van der Waals surface area contributed by atoms with Crippen LogP contribution in [0.25, 0.3) is 10.8 Å². The number of hydrogen-bond acceptors (Lipinski definition) is 5. The zero-order valence-electron chi connectivity index (χ0n) is 22.8. The van der Waals surface area contributed by atoms with Gasteiger partial charge in [-0.3, -0.25) is 13.9 Å². The van der Waals surface area contributed by atoms with Crippen LogP contribution in [0.4, 0.5) is 5.69 Å². The molecule has 4 rings (SSSR count). The van der Waals surface area contributed by atoms with Crippen molar-refractivity contribution >= 4 is 38.3 Å². The van der Waals surface area contributed by atoms with Crippen molar-refractivity contribution < 1.29 is 22.7 Å². The second kappa shape index (κ2) is 12.7. The zero-order valence-corrected chi connectivity index (χ0v) is 23.6. The molecular weight excluding hydrogens is 526 g/mol. The first-order valence-electron chi connectivity index (χ1n) is 12.8. The summed E-state index contributed by atoms with van der Waals surface area (Å²) in [5.74, 6) is -0.250. The average molecular weight is 560 g/mol. The molecule has 4 aromatic rings. The lowest BCUT2D eigenvalue weighted by atomic mass is 10.0. The van der Waals surface area contributed by atoms with E-state index in [1.54, 1.807) is 31.4 Å². The highest BCUT2D eigenvalue weighted by Gasteiger charge is 2.33. The highest BCUT2D eigenvalue weighted by Crippen LogP contribution is 2.29. The predicted molar refractivity (Wildman–Crippen MR) is 158 cm³/mol. The fraction of sp³-hybridized carbons (Fsp3) is 0.226. The van der Waals surface area contributed by atoms with Gasteiger partial charge in [0.2, 0.25) is 21.8 Å². The predicted octanol–water partition coefficient (Wildman–Crippen LogP) is 4.00. The largest absolute Gasteiger partial charge is 0.497 e. The lowest BCUT2D eigenvalue weighted by molar-refractivity contribution is -0.139. The fourth-order valence-corrected chi connectivity index (χ4v) is 5.57. The number of fused-ring (bicyclic) bond motifs is 1. The molecule has 0 saturated heterocycles. The number of likely N-dealkylation sites (N-methyl/N-ethyl adjacent to an activating group) is 1. The van der Waals surface area contributed by atoms with Crippen LogP contribution in [0.1, 0.15) is 11.1 Å². The van der Waals surface area contributed by atoms with E-state index in [0.29, 0.717) is 16.8 Å². The third kappa shape index (κ3) is 6.79. The molecule has 40 heavy (non-hydrogen) atoms. The first kappa shape index (κ1) is 28.6. The highest BCUT2D eigenvalue weighted by molar-refractivity contribution is 7.92. The first-order chi connectivity index (χ1) is 19.2. The number of methoxy groups -OCH3 is 1. The Hall–Kier alpha value is -4.37. The number of carbonyl (C=O) groups excluding carboxylic acids is 2. The van der Waals surface area contributed by atoms with Crippen molar-refractivity contribution in [1.82, 2.24) is 10.2 Å². The van der Waals surface area contributed by atoms with Gasteiger partial charge < -0.3 is 15.0 Å². The van der Waals surface area contributed by atoms with Crippen molar-refractivity contribution in [3.8, 4) is 5.75 Å². The van der Waals surface area contributed by atoms with Crippen LogP contribution in [0.15, 0.2) is 97.1 Å². The second-order valence-electron chi connectivity index (χ2n) is 9.46. The molecule has 9 heteroatoms. The number of benzene rings is 4. The van der Waals surface area contributed by atoms with Gasteiger partial charge in [0, 0.05) is 25.4 Å². The summed E-state index contributed by atoms with van der Waals surface area (Å²) in [4.78, 5) is 28.8. The minimum Gasteiger partial charge on any atom is -0.497 e. The number of anilines is 1. The molecule has 0 unspecified atom stereocenters. The topological polar surface area (TPSA) is 96.0 Å². The molecule has 0 aliphatic rings. The molecule has 0 heterocycles. The first-order valence-corrected chi connectivity index (χ1v) is 14.7. The van der Waals surface area contributed by atoms with E-state index in [1.165, 1.54) is 11.9 Å². The Balaban J connectivity index is 1.77. The molecule has 0 aliphatic heterocycles. The van der Waals surface area contributed by atoms with Crippen LogP contribution in [0, 0.1) is 0 Å². The Kier molecular flexibility index (Phi) is 9.06. The molecule has 0 spiro atoms. The summed E-state index contributed by atoms with van der Waals surface area (Å²) in [5, 5.41) is 4.23. The summed E-state index contributed by atoms with van der Waals surface area (Å²) in [6.45, 7) is -0.396. The van der Waals surface area contributed by atoms with Gasteiger partial charge in [-0.05, 0) is 34.7 Å². The van der Waals surface area contributed by atoms with Gasteiger partial charge in [0.25, 0.3) is 0 Å². The van der Waals surface area contributed by atoms with E-state index in [-0.39, 0.29) is 18.9 Å². The van der Waals surface area contributed by atoms with Crippen LogP contribution < -0.4 is 14.4 Å². The number of carbonyl (C=O) groups is 2. The number of nitrogens with zero attached hydrogens (tertiary/aromatic N) is 2. The van der Waals surface area contributed by atoms with Crippen LogP contribution in [-0.4, -0.2) is 58.1 Å². The summed E-state index contributed by atoms with van der Waals surface area (Å²) in [7, 11) is -0.791. The minimum absolute atomic E-state index is 0.0775. The molecule has 0 radical (unpaired) electrons. The van der Waals surface area contributed by atoms with Gasteiger partial charge in [0.15, 0.2) is 0 Å². The Morgan fingerprint density at radius 1 is 0.875 bits per heavy atom. The summed E-state index contributed by atoms with van der Waals surface area (Å²) in [6, 6.07) is 28.5. The van der Waals surface area contributed by atoms with Crippen LogP contribution in [0.3, 0.4) is 0 Å². The Morgan fingerprint density at radius 2 is 1.52 bits per heavy atom. The molecular formula is C31H33N3O5S. The monoisotopic (exact) mass is 559 g/mol. The van der Waals surface area contributed by atoms with Crippen LogP contribution in [0.2, 0.25) is 0 Å². The number of nitrogens with one attached hydrogen (secondary N) is 1. The van der Waals surface area contributed by atoms with Gasteiger partial charge in [-0.15, -0.1) is 0 Å². The highest BCUT2D eigenvalue weighted by atomic mass is 32.2. The van der Waals surface area contributed by atoms with Gasteiger partial charge in [0.05, 0.1) is 19.1 Å². The van der Waals surface area contributed by atoms with Crippen molar-refractivity contribution in [2.75, 3.05) is 31.3 Å². The summed E-state index contributed by atoms with van der Waals surface area (Å²) >= 11 is 0. The van der Waals surface area contributed by atoms with Crippen molar-refractivity contribution in [3.63, 3.8) is 0 Å². The van der Waals surface area contributed by atoms with E-state index in [1.807, 2.05) is 72.8 Å². The normalized spacial score (nSPS) is 12.0. The molecule has 2 amide bonds. The molecule has 0 aromatic heterocycles. The number of ether oxygens (including phenoxy) is 1. The van der Waals surface area contributed by atoms with Crippen molar-refractivity contribution in [2.45, 2.75) is 19.0 Å². The maximum atomic E-state index is 14.1. The van der Waals surface area contributed by atoms with Gasteiger partial charge in [-0.25, -0.2) is 8.42 Å². The number of rotatable bonds is 11. The maximum absolute atomic E-state index is 14.1. The molecule has 208 valence electrons. The van der Waals surface area contributed by atoms with E-state index >= 15 is 0 Å². The number of amides is 2. The standard InChI is InChI=1S/C31H33N3O5S/c1-32-31(36)29(20-23-11-5-4-6-12-23)33(21-24-13-9-16-26(19-24)39-2)30(35)22-34(40(3,37)38)28-18-10-15-25-14-7-8-17-27(25)28/h4-19,29H,20-22H2,1-3H3,(H,32,36)/t29-/m1/s1. The molecule has 4 aromatic carbocycles. The zero-order chi connectivity index (χ0) is 28.7. The van der Waals surface area contributed by atoms with E-state index in [2.05, 4.69) is 5.32 Å². The third-order valence-corrected chi connectivity index (χ3v) is 7.85. The smallest absolute Gasteiger partial charge is 0.244 e. The SMILES string of the molecule is CNC(=O)[C@@H](Cc1ccccc1)N(Cc1cccc(OC)c1)C(=O)CN(c1cccc2ccccc12)S(C)(=O)=O. The average Bonchev–Trinajstić information content (AvgIpc) is 2.97. The molecule has 1 N–H and O–H groups in total. The summed E-state index contributed by atoms with van der Waals surface area (Å²) < 4.78 is 32.6. The minimum atomic E-state index is -3.87. The van der Waals surface area contributed by atoms with Crippen molar-refractivity contribution in [2.24, 2.45) is 0 Å². The van der Waals surface area contributed by atoms with Crippen LogP contribution >= 0.6 is 0 Å². The molecule has 0 aliphatic carbocycles. The maximum Gasteiger partial charge on any atom is 0.244 e. The quantitative estimate of drug-likeness (QED) is 0.300. The summed E-state index contributed by atoms with van der Waals surface area (Å²) in [6.07, 6.45) is 1.33. The van der Waals surface area contributed by atoms with E-state index in [9.17, 15) is 18.0 Å². The van der Waals surface area contributed by atoms with Crippen LogP contribution in [0.5, 0.6) is 5.75 Å². The van der Waals surface area contributed by atoms with Gasteiger partial charge in [-0.2, -0.15) is 0 Å². The molecule has 0 fully saturated rings. The van der Waals surface area contributed by atoms with E-state index in [0.717, 1.165) is 27.1 Å². The van der Waals surface area contributed by atoms with E-state index < -0.39 is 28.5 Å². The lowest BCUT2D eigenvalue weighted by Crippen LogP contribution is -2.52. The Morgan fingerprint density at radius 3 is 2.23 bits per heavy atom. The van der Waals surface area contributed by atoms with Crippen molar-refractivity contribution in [3.05, 3.63) is 108 Å². The lowest BCUT2D eigenvalue weighted by Gasteiger charge is -2.33.